The minimum Gasteiger partial charge on any atom is -0.508 e. The Balaban J connectivity index is 0.00000169. The average Bonchev–Trinajstić information content (AvgIpc) is 2.89. The van der Waals surface area contributed by atoms with E-state index in [9.17, 15) is 40.2 Å². The third-order valence-corrected chi connectivity index (χ3v) is 6.47. The topological polar surface area (TPSA) is 182 Å². The molecule has 0 aliphatic carbocycles. The van der Waals surface area contributed by atoms with Crippen molar-refractivity contribution in [2.45, 2.75) is 0 Å². The molecule has 0 radical (unpaired) electrons. The molecular formula is C30H18Na4O10+4. The molecule has 4 aromatic carbocycles. The van der Waals surface area contributed by atoms with Crippen molar-refractivity contribution in [3.63, 3.8) is 0 Å². The predicted molar refractivity (Wildman–Crippen MR) is 145 cm³/mol. The zero-order valence-electron chi connectivity index (χ0n) is 24.2. The molecule has 0 saturated heterocycles. The van der Waals surface area contributed by atoms with Crippen molar-refractivity contribution in [1.82, 2.24) is 0 Å². The summed E-state index contributed by atoms with van der Waals surface area (Å²) in [7, 11) is 0. The Labute approximate surface area is 336 Å². The van der Waals surface area contributed by atoms with Gasteiger partial charge in [-0.1, -0.05) is 0 Å². The maximum absolute atomic E-state index is 13.0. The molecule has 198 valence electrons. The molecule has 0 fully saturated rings. The maximum atomic E-state index is 13.0. The van der Waals surface area contributed by atoms with Gasteiger partial charge in [-0.15, -0.1) is 0 Å². The normalized spacial score (nSPS) is 10.3. The molecular weight excluding hydrogens is 612 g/mol. The van der Waals surface area contributed by atoms with Gasteiger partial charge in [0.05, 0.1) is 5.56 Å². The third-order valence-electron chi connectivity index (χ3n) is 6.47. The molecule has 10 nitrogen and oxygen atoms in total. The van der Waals surface area contributed by atoms with Crippen LogP contribution in [0, 0.1) is 0 Å². The molecule has 0 aliphatic heterocycles. The molecule has 6 rings (SSSR count). The van der Waals surface area contributed by atoms with E-state index >= 15 is 0 Å². The van der Waals surface area contributed by atoms with Gasteiger partial charge in [0.25, 0.3) is 0 Å². The summed E-state index contributed by atoms with van der Waals surface area (Å²) in [5.41, 5.74) is -1.07. The van der Waals surface area contributed by atoms with Gasteiger partial charge in [-0.25, -0.2) is 0 Å². The minimum atomic E-state index is -0.650. The number of aromatic hydroxyl groups is 6. The molecule has 0 bridgehead atoms. The smallest absolute Gasteiger partial charge is 0.508 e. The second-order valence-electron chi connectivity index (χ2n) is 9.06. The first kappa shape index (κ1) is 38.3. The number of phenols is 6. The standard InChI is InChI=1S/C30H18O10.4Na/c31-15-4-1-13(2-5-15)23-11-22(37)29-26(39-23)12-20(35)27(30(29)38)17-7-14(3-6-18(17)33)24-10-21(36)28-19(34)8-16(32)9-25(28)40-24;;;;/h1-12,31-35,38H;;;;/q;4*+1. The second-order valence-corrected chi connectivity index (χ2v) is 9.06. The Bertz CT molecular complexity index is 2120. The Morgan fingerprint density at radius 1 is 0.477 bits per heavy atom. The van der Waals surface area contributed by atoms with Crippen LogP contribution in [0.3, 0.4) is 0 Å². The summed E-state index contributed by atoms with van der Waals surface area (Å²) in [5.74, 6) is -2.15. The molecule has 0 saturated carbocycles. The van der Waals surface area contributed by atoms with Gasteiger partial charge in [0.2, 0.25) is 0 Å². The van der Waals surface area contributed by atoms with Gasteiger partial charge in [0.15, 0.2) is 10.9 Å². The quantitative estimate of drug-likeness (QED) is 0.103. The van der Waals surface area contributed by atoms with E-state index in [1.54, 1.807) is 0 Å². The van der Waals surface area contributed by atoms with Crippen molar-refractivity contribution in [1.29, 1.82) is 0 Å². The predicted octanol–water partition coefficient (Wildman–Crippen LogP) is -6.85. The van der Waals surface area contributed by atoms with Gasteiger partial charge >= 0.3 is 118 Å². The number of benzene rings is 4. The first-order chi connectivity index (χ1) is 19.1. The Morgan fingerprint density at radius 2 is 1.02 bits per heavy atom. The number of rotatable bonds is 3. The van der Waals surface area contributed by atoms with Gasteiger partial charge in [0.1, 0.15) is 68.0 Å². The van der Waals surface area contributed by atoms with Crippen molar-refractivity contribution < 1.29 is 158 Å². The van der Waals surface area contributed by atoms with Crippen LogP contribution in [0.2, 0.25) is 0 Å². The van der Waals surface area contributed by atoms with Crippen molar-refractivity contribution in [2.24, 2.45) is 0 Å². The minimum absolute atomic E-state index is 0. The monoisotopic (exact) mass is 630 g/mol. The summed E-state index contributed by atoms with van der Waals surface area (Å²) in [6.07, 6.45) is 0. The van der Waals surface area contributed by atoms with E-state index in [0.717, 1.165) is 30.3 Å². The van der Waals surface area contributed by atoms with E-state index < -0.39 is 28.1 Å². The van der Waals surface area contributed by atoms with Gasteiger partial charge < -0.3 is 39.5 Å². The van der Waals surface area contributed by atoms with Crippen LogP contribution in [0.25, 0.3) is 55.7 Å². The van der Waals surface area contributed by atoms with Crippen LogP contribution in [-0.4, -0.2) is 30.6 Å². The SMILES string of the molecule is O=c1cc(-c2ccc(O)c(-c3c(O)cc4oc(-c5ccc(O)cc5)cc(=O)c4c3O)c2)oc2cc(O)cc(O)c12.[Na+].[Na+].[Na+].[Na+]. The van der Waals surface area contributed by atoms with E-state index in [4.69, 9.17) is 8.83 Å². The molecule has 44 heavy (non-hydrogen) atoms. The first-order valence-corrected chi connectivity index (χ1v) is 11.8. The van der Waals surface area contributed by atoms with Crippen molar-refractivity contribution in [2.75, 3.05) is 0 Å². The van der Waals surface area contributed by atoms with E-state index in [1.165, 1.54) is 42.5 Å². The van der Waals surface area contributed by atoms with Crippen LogP contribution in [-0.2, 0) is 0 Å². The van der Waals surface area contributed by atoms with Crippen molar-refractivity contribution in [3.8, 4) is 68.3 Å². The van der Waals surface area contributed by atoms with Crippen LogP contribution in [0.15, 0.2) is 91.2 Å². The van der Waals surface area contributed by atoms with E-state index in [1.807, 2.05) is 0 Å². The fourth-order valence-corrected chi connectivity index (χ4v) is 4.61. The molecule has 2 heterocycles. The van der Waals surface area contributed by atoms with E-state index in [0.29, 0.717) is 5.56 Å². The molecule has 0 aliphatic rings. The summed E-state index contributed by atoms with van der Waals surface area (Å²) < 4.78 is 11.5. The maximum Gasteiger partial charge on any atom is 1.00 e. The average molecular weight is 630 g/mol. The largest absolute Gasteiger partial charge is 1.00 e. The van der Waals surface area contributed by atoms with E-state index in [2.05, 4.69) is 0 Å². The zero-order valence-corrected chi connectivity index (χ0v) is 32.2. The number of hydrogen-bond donors (Lipinski definition) is 6. The Hall–Kier alpha value is -1.90. The van der Waals surface area contributed by atoms with Gasteiger partial charge in [0, 0.05) is 47.0 Å². The summed E-state index contributed by atoms with van der Waals surface area (Å²) >= 11 is 0. The zero-order chi connectivity index (χ0) is 28.3. The number of phenolic OH excluding ortho intramolecular Hbond substituents is 6. The van der Waals surface area contributed by atoms with Gasteiger partial charge in [-0.3, -0.25) is 9.59 Å². The van der Waals surface area contributed by atoms with Gasteiger partial charge in [-0.05, 0) is 42.5 Å². The summed E-state index contributed by atoms with van der Waals surface area (Å²) in [6, 6.07) is 15.4. The Morgan fingerprint density at radius 3 is 1.66 bits per heavy atom. The third kappa shape index (κ3) is 7.07. The molecule has 14 heteroatoms. The molecule has 6 N–H and O–H groups in total. The summed E-state index contributed by atoms with van der Waals surface area (Å²) in [4.78, 5) is 25.7. The van der Waals surface area contributed by atoms with Crippen LogP contribution in [0.5, 0.6) is 34.5 Å². The molecule has 0 atom stereocenters. The first-order valence-electron chi connectivity index (χ1n) is 11.8. The van der Waals surface area contributed by atoms with Gasteiger partial charge in [-0.2, -0.15) is 0 Å². The van der Waals surface area contributed by atoms with Crippen LogP contribution in [0.4, 0.5) is 0 Å². The Kier molecular flexibility index (Phi) is 13.2. The number of hydrogen-bond acceptors (Lipinski definition) is 10. The summed E-state index contributed by atoms with van der Waals surface area (Å²) in [5, 5.41) is 61.6. The molecule has 0 amide bonds. The second kappa shape index (κ2) is 15.1. The van der Waals surface area contributed by atoms with Crippen molar-refractivity contribution >= 4 is 21.9 Å². The molecule has 0 spiro atoms. The molecule has 2 aromatic heterocycles. The fourth-order valence-electron chi connectivity index (χ4n) is 4.61. The van der Waals surface area contributed by atoms with Crippen molar-refractivity contribution in [3.05, 3.63) is 93.2 Å². The fraction of sp³-hybridized carbons (Fsp3) is 0. The van der Waals surface area contributed by atoms with Crippen LogP contribution >= 0.6 is 0 Å². The molecule has 6 aromatic rings. The van der Waals surface area contributed by atoms with Crippen LogP contribution in [0.1, 0.15) is 0 Å². The summed E-state index contributed by atoms with van der Waals surface area (Å²) in [6.45, 7) is 0. The molecule has 0 unspecified atom stereocenters. The van der Waals surface area contributed by atoms with E-state index in [-0.39, 0.29) is 186 Å². The number of fused-ring (bicyclic) bond motifs is 2. The van der Waals surface area contributed by atoms with Crippen LogP contribution < -0.4 is 129 Å².